The predicted molar refractivity (Wildman–Crippen MR) is 393 cm³/mol. The monoisotopic (exact) mass is 2030 g/mol. The van der Waals surface area contributed by atoms with E-state index in [1.165, 1.54) is 30.5 Å². The summed E-state index contributed by atoms with van der Waals surface area (Å²) in [6.45, 7) is 37.8. The number of nitrogen functional groups attached to an aromatic ring is 1. The first kappa shape index (κ1) is 115. The van der Waals surface area contributed by atoms with Crippen LogP contribution >= 0.6 is 11.6 Å². The van der Waals surface area contributed by atoms with Gasteiger partial charge in [0.25, 0.3) is 6.48 Å². The van der Waals surface area contributed by atoms with E-state index in [0.29, 0.717) is 89.8 Å². The first-order valence-corrected chi connectivity index (χ1v) is 34.0. The van der Waals surface area contributed by atoms with Crippen LogP contribution < -0.4 is 21.0 Å². The Morgan fingerprint density at radius 2 is 1.04 bits per heavy atom. The molecule has 2 aromatic carbocycles. The minimum absolute atomic E-state index is 0. The molecule has 0 amide bonds. The zero-order valence-corrected chi connectivity index (χ0v) is 73.3. The average Bonchev–Trinajstić information content (AvgIpc) is 1.69. The number of nitrogens with zero attached hydrogens (tertiary/aromatic N) is 7. The maximum Gasteiger partial charge on any atom is 0.334 e. The number of aromatic nitrogens is 6. The Morgan fingerprint density at radius 3 is 1.42 bits per heavy atom. The first-order chi connectivity index (χ1) is 49.0. The molecule has 0 saturated heterocycles. The van der Waals surface area contributed by atoms with Crippen LogP contribution in [0.4, 0.5) is 11.4 Å². The van der Waals surface area contributed by atoms with Gasteiger partial charge in [-0.25, -0.2) is 4.79 Å². The number of aliphatic hydroxyl groups is 1. The van der Waals surface area contributed by atoms with Gasteiger partial charge in [0, 0.05) is 152 Å². The molecule has 1 aliphatic heterocycles. The zero-order chi connectivity index (χ0) is 77.6. The molecule has 6 rings (SSSR count). The summed E-state index contributed by atoms with van der Waals surface area (Å²) in [5, 5.41) is 29.3. The van der Waals surface area contributed by atoms with Crippen molar-refractivity contribution in [3.63, 3.8) is 0 Å². The molecular formula is C73H116ClN8O21W3-3. The molecular weight excluding hydrogens is 1910 g/mol. The third-order valence-electron chi connectivity index (χ3n) is 10.9. The molecule has 106 heavy (non-hydrogen) atoms. The van der Waals surface area contributed by atoms with Crippen LogP contribution in [-0.2, 0) is 184 Å². The van der Waals surface area contributed by atoms with Crippen molar-refractivity contribution in [3.8, 4) is 0 Å². The second-order valence-electron chi connectivity index (χ2n) is 19.0. The maximum atomic E-state index is 11.5. The zero-order valence-electron chi connectivity index (χ0n) is 63.7. The summed E-state index contributed by atoms with van der Waals surface area (Å²) in [5.41, 5.74) is 13.4. The van der Waals surface area contributed by atoms with Crippen LogP contribution in [-0.4, -0.2) is 178 Å². The van der Waals surface area contributed by atoms with E-state index in [1.807, 2.05) is 91.8 Å². The second kappa shape index (κ2) is 82.6. The molecule has 33 heteroatoms. The summed E-state index contributed by atoms with van der Waals surface area (Å²) in [6, 6.07) is 21.4. The van der Waals surface area contributed by atoms with Crippen LogP contribution in [0.15, 0.2) is 115 Å². The third-order valence-corrected chi connectivity index (χ3v) is 11.0. The number of halogens is 1. The Morgan fingerprint density at radius 1 is 0.575 bits per heavy atom. The number of aliphatic imine (C=N–C) groups is 1. The van der Waals surface area contributed by atoms with E-state index >= 15 is 0 Å². The van der Waals surface area contributed by atoms with E-state index in [1.54, 1.807) is 79.2 Å². The number of ketones is 2. The molecule has 0 atom stereocenters. The Balaban J connectivity index is -0.000000171. The normalized spacial score (nSPS) is 10.0. The van der Waals surface area contributed by atoms with Crippen molar-refractivity contribution in [2.45, 2.75) is 176 Å². The van der Waals surface area contributed by atoms with Gasteiger partial charge in [-0.2, -0.15) is 6.20 Å². The molecule has 0 fully saturated rings. The minimum atomic E-state index is -0.954. The van der Waals surface area contributed by atoms with E-state index < -0.39 is 42.0 Å². The molecule has 3 N–H and O–H groups in total. The number of hydrogen-bond donors (Lipinski definition) is 2. The third kappa shape index (κ3) is 69.3. The SMILES string of the molecule is C.C=COCC.CC(=O)CC(=O)Cl.CCO.CCOC(=O)/C=C(\OCC)C(OCC)OCC.CCOC(=O)CC(=O)C(OCC)OCC.CCOC(=O)Cc1cc[n-]n1.CCOC(=O)Cc1ccn[n-]1.CCOC(OCC)OCC.Cc1ccccc1N.[W].[W].[W].c1ccc2c(c1)CC(Cc1ccn[n-]1)=N2. The number of carbonyl (C=O) groups excluding carboxylic acids is 7. The van der Waals surface area contributed by atoms with Gasteiger partial charge in [-0.3, -0.25) is 33.8 Å². The summed E-state index contributed by atoms with van der Waals surface area (Å²) >= 11 is 4.81. The van der Waals surface area contributed by atoms with Crippen LogP contribution in [0.3, 0.4) is 0 Å². The van der Waals surface area contributed by atoms with Crippen LogP contribution in [0.25, 0.3) is 0 Å². The number of Topliss-reactive ketones (excluding diaryl/α,β-unsaturated/α-hetero) is 2. The first-order valence-electron chi connectivity index (χ1n) is 33.6. The molecule has 4 heterocycles. The number of benzene rings is 2. The number of anilines is 1. The van der Waals surface area contributed by atoms with Crippen molar-refractivity contribution in [3.05, 3.63) is 138 Å². The summed E-state index contributed by atoms with van der Waals surface area (Å²) < 4.78 is 64.8. The molecule has 602 valence electrons. The Labute approximate surface area is 676 Å². The van der Waals surface area contributed by atoms with E-state index in [-0.39, 0.29) is 127 Å². The number of carbonyl (C=O) groups is 7. The van der Waals surface area contributed by atoms with Gasteiger partial charge in [0.2, 0.25) is 17.8 Å². The van der Waals surface area contributed by atoms with Crippen molar-refractivity contribution in [2.75, 3.05) is 98.2 Å². The molecule has 5 aromatic rings. The van der Waals surface area contributed by atoms with Gasteiger partial charge in [-0.05, 0) is 152 Å². The largest absolute Gasteiger partial charge is 0.581 e. The average molecular weight is 2030 g/mol. The summed E-state index contributed by atoms with van der Waals surface area (Å²) in [6.07, 6.45) is 7.64. The van der Waals surface area contributed by atoms with Gasteiger partial charge >= 0.3 is 23.9 Å². The van der Waals surface area contributed by atoms with Crippen molar-refractivity contribution in [2.24, 2.45) is 4.99 Å². The predicted octanol–water partition coefficient (Wildman–Crippen LogP) is 10.5. The molecule has 0 radical (unpaired) electrons. The number of rotatable bonds is 35. The number of fused-ring (bicyclic) bond motifs is 1. The number of ether oxygens (including phenoxy) is 13. The van der Waals surface area contributed by atoms with Crippen LogP contribution in [0.1, 0.15) is 152 Å². The van der Waals surface area contributed by atoms with E-state index in [9.17, 15) is 33.6 Å². The van der Waals surface area contributed by atoms with E-state index in [0.717, 1.165) is 42.1 Å². The van der Waals surface area contributed by atoms with E-state index in [2.05, 4.69) is 69.8 Å². The fourth-order valence-electron chi connectivity index (χ4n) is 6.88. The minimum Gasteiger partial charge on any atom is -0.581 e. The number of nitrogens with two attached hydrogens (primary N) is 1. The molecule has 0 saturated carbocycles. The van der Waals surface area contributed by atoms with Crippen LogP contribution in [0, 0.1) is 6.92 Å². The van der Waals surface area contributed by atoms with Gasteiger partial charge in [-0.1, -0.05) is 68.6 Å². The number of esters is 4. The Hall–Kier alpha value is -6.46. The quantitative estimate of drug-likeness (QED) is 0.00556. The topological polar surface area (TPSA) is 379 Å². The second-order valence-corrected chi connectivity index (χ2v) is 19.5. The smallest absolute Gasteiger partial charge is 0.334 e. The molecule has 29 nitrogen and oxygen atoms in total. The number of para-hydroxylation sites is 2. The maximum absolute atomic E-state index is 11.5. The summed E-state index contributed by atoms with van der Waals surface area (Å²) in [5.74, 6) is -1.78. The van der Waals surface area contributed by atoms with Gasteiger partial charge in [-0.15, -0.1) is 11.4 Å². The van der Waals surface area contributed by atoms with Gasteiger partial charge < -0.3 is 103 Å². The van der Waals surface area contributed by atoms with Crippen molar-refractivity contribution in [1.29, 1.82) is 0 Å². The Bertz CT molecular complexity index is 2840. The standard InChI is InChI=1S/C12H10N3.C12H22O5.C10H18O5.2C7H9N2O2.C7H9N.C7H16O3.C4H5ClO2.C4H8O.C2H6O.CH4.3W/c1-2-4-12-9(3-1)7-11(14-12)8-10-5-6-13-15-10;1-5-14-10(9-11(13)15-6-2)12(16-7-3)17-8-4;1-4-13-9(12)7-8(11)10(14-5-2)15-6-3;2*1-2-11-7(10)5-6-3-4-8-9-6;1-6-4-2-3-5-7(6)8;1-4-8-7(9-5-2)10-6-3;1-3(6)2-4(5)7;1-3-5-4-2;1-2-3;;;;/h1-6H,7-8H2;9,12H,5-8H2,1-4H3;10H,4-7H2,1-3H3;2*3-4H,2,5H2,1H3;2-5H,8H2,1H3;7H,4-6H2,1-3H3;2H2,1H3;3H,1,4H2,2H3;3H,2H2,1H3;1H4;;;/q-1;;;2*-1;;;;;;;;;/b;10-9-;;;;;;;;;;;;. The molecule has 1 aliphatic rings. The van der Waals surface area contributed by atoms with E-state index in [4.69, 9.17) is 74.5 Å². The number of aryl methyl sites for hydroxylation is 1. The molecule has 3 aromatic heterocycles. The summed E-state index contributed by atoms with van der Waals surface area (Å²) in [4.78, 5) is 79.8. The number of hydrogen-bond acceptors (Lipinski definition) is 26. The molecule has 0 aliphatic carbocycles. The van der Waals surface area contributed by atoms with Gasteiger partial charge in [0.05, 0.1) is 76.9 Å². The molecule has 0 bridgehead atoms. The molecule has 0 spiro atoms. The van der Waals surface area contributed by atoms with Gasteiger partial charge in [0.15, 0.2) is 11.5 Å². The van der Waals surface area contributed by atoms with Crippen molar-refractivity contribution in [1.82, 2.24) is 30.6 Å². The fraction of sp³-hybridized carbons (Fsp3) is 0.548. The Kier molecular flexibility index (Phi) is 89.9. The summed E-state index contributed by atoms with van der Waals surface area (Å²) in [7, 11) is 0. The fourth-order valence-corrected chi connectivity index (χ4v) is 7.07. The van der Waals surface area contributed by atoms with Crippen LogP contribution in [0.2, 0.25) is 0 Å². The van der Waals surface area contributed by atoms with Crippen molar-refractivity contribution < 1.29 is 163 Å². The van der Waals surface area contributed by atoms with Crippen LogP contribution in [0.5, 0.6) is 0 Å². The van der Waals surface area contributed by atoms with Gasteiger partial charge in [0.1, 0.15) is 12.2 Å². The number of aliphatic hydroxyl groups excluding tert-OH is 1. The van der Waals surface area contributed by atoms with Crippen molar-refractivity contribution >= 4 is 69.4 Å². The molecule has 0 unspecified atom stereocenters.